The normalized spacial score (nSPS) is 9.40. The maximum atomic E-state index is 9.34. The Kier molecular flexibility index (Phi) is 2.47. The summed E-state index contributed by atoms with van der Waals surface area (Å²) in [5.74, 6) is 6.07. The van der Waals surface area contributed by atoms with Gasteiger partial charge in [-0.2, -0.15) is 0 Å². The second kappa shape index (κ2) is 3.93. The van der Waals surface area contributed by atoms with Crippen molar-refractivity contribution in [2.45, 2.75) is 6.92 Å². The summed E-state index contributed by atoms with van der Waals surface area (Å²) < 4.78 is 0. The minimum atomic E-state index is 0.189. The smallest absolute Gasteiger partial charge is 0.148 e. The van der Waals surface area contributed by atoms with E-state index in [0.29, 0.717) is 5.56 Å². The van der Waals surface area contributed by atoms with E-state index >= 15 is 0 Å². The molecule has 1 aromatic carbocycles. The zero-order chi connectivity index (χ0) is 10.7. The highest BCUT2D eigenvalue weighted by atomic mass is 16.3. The standard InChI is InChI=1S/C13H11NO/c1-10-2-4-11(5-3-10)6-7-12-8-14-9-13(12)15/h2-5,8-9,14-15H,1H3. The summed E-state index contributed by atoms with van der Waals surface area (Å²) in [5, 5.41) is 9.34. The molecule has 0 spiro atoms. The lowest BCUT2D eigenvalue weighted by Gasteiger charge is -1.91. The Labute approximate surface area is 88.6 Å². The molecule has 0 unspecified atom stereocenters. The van der Waals surface area contributed by atoms with Gasteiger partial charge in [0.2, 0.25) is 0 Å². The molecule has 2 heteroatoms. The van der Waals surface area contributed by atoms with E-state index in [4.69, 9.17) is 0 Å². The fourth-order valence-electron chi connectivity index (χ4n) is 1.23. The van der Waals surface area contributed by atoms with Crippen LogP contribution in [0.2, 0.25) is 0 Å². The number of aryl methyl sites for hydroxylation is 1. The number of hydrogen-bond donors (Lipinski definition) is 2. The lowest BCUT2D eigenvalue weighted by Crippen LogP contribution is -1.75. The molecule has 0 fully saturated rings. The van der Waals surface area contributed by atoms with Crippen LogP contribution in [0.5, 0.6) is 5.75 Å². The Balaban J connectivity index is 2.26. The largest absolute Gasteiger partial charge is 0.505 e. The second-order valence-corrected chi connectivity index (χ2v) is 3.37. The molecule has 0 saturated heterocycles. The highest BCUT2D eigenvalue weighted by Crippen LogP contribution is 2.13. The van der Waals surface area contributed by atoms with Crippen molar-refractivity contribution in [1.82, 2.24) is 4.98 Å². The van der Waals surface area contributed by atoms with Crippen LogP contribution < -0.4 is 0 Å². The van der Waals surface area contributed by atoms with Gasteiger partial charge < -0.3 is 10.1 Å². The first-order valence-corrected chi connectivity index (χ1v) is 4.70. The monoisotopic (exact) mass is 197 g/mol. The van der Waals surface area contributed by atoms with Crippen molar-refractivity contribution in [2.24, 2.45) is 0 Å². The molecule has 1 aromatic heterocycles. The molecule has 0 amide bonds. The van der Waals surface area contributed by atoms with Crippen LogP contribution in [0.3, 0.4) is 0 Å². The summed E-state index contributed by atoms with van der Waals surface area (Å²) in [6.07, 6.45) is 3.19. The summed E-state index contributed by atoms with van der Waals surface area (Å²) in [6.45, 7) is 2.04. The Morgan fingerprint density at radius 1 is 1.07 bits per heavy atom. The maximum Gasteiger partial charge on any atom is 0.148 e. The lowest BCUT2D eigenvalue weighted by molar-refractivity contribution is 0.475. The zero-order valence-corrected chi connectivity index (χ0v) is 8.41. The molecule has 0 aliphatic rings. The first-order chi connectivity index (χ1) is 7.25. The molecule has 0 aliphatic carbocycles. The van der Waals surface area contributed by atoms with Crippen molar-refractivity contribution in [3.63, 3.8) is 0 Å². The average Bonchev–Trinajstić information content (AvgIpc) is 2.63. The molecule has 2 aromatic rings. The first kappa shape index (κ1) is 9.42. The lowest BCUT2D eigenvalue weighted by atomic mass is 10.1. The molecule has 2 nitrogen and oxygen atoms in total. The molecule has 0 bridgehead atoms. The van der Waals surface area contributed by atoms with Crippen molar-refractivity contribution in [3.8, 4) is 17.6 Å². The number of nitrogens with one attached hydrogen (secondary N) is 1. The van der Waals surface area contributed by atoms with Crippen molar-refractivity contribution in [3.05, 3.63) is 53.3 Å². The van der Waals surface area contributed by atoms with Crippen LogP contribution in [0.4, 0.5) is 0 Å². The van der Waals surface area contributed by atoms with E-state index in [0.717, 1.165) is 5.56 Å². The van der Waals surface area contributed by atoms with Gasteiger partial charge in [0, 0.05) is 18.0 Å². The Morgan fingerprint density at radius 3 is 2.40 bits per heavy atom. The molecule has 0 radical (unpaired) electrons. The predicted octanol–water partition coefficient (Wildman–Crippen LogP) is 2.43. The summed E-state index contributed by atoms with van der Waals surface area (Å²) in [6, 6.07) is 7.96. The van der Waals surface area contributed by atoms with Crippen molar-refractivity contribution < 1.29 is 5.11 Å². The third-order valence-electron chi connectivity index (χ3n) is 2.12. The van der Waals surface area contributed by atoms with E-state index in [1.54, 1.807) is 6.20 Å². The van der Waals surface area contributed by atoms with Crippen LogP contribution in [0.1, 0.15) is 16.7 Å². The van der Waals surface area contributed by atoms with Gasteiger partial charge in [-0.25, -0.2) is 0 Å². The number of aromatic hydroxyl groups is 1. The van der Waals surface area contributed by atoms with Crippen LogP contribution >= 0.6 is 0 Å². The zero-order valence-electron chi connectivity index (χ0n) is 8.41. The Hall–Kier alpha value is -2.14. The second-order valence-electron chi connectivity index (χ2n) is 3.37. The highest BCUT2D eigenvalue weighted by molar-refractivity contribution is 5.48. The summed E-state index contributed by atoms with van der Waals surface area (Å²) in [4.78, 5) is 2.79. The predicted molar refractivity (Wildman–Crippen MR) is 59.6 cm³/mol. The molecule has 0 aliphatic heterocycles. The third kappa shape index (κ3) is 2.21. The topological polar surface area (TPSA) is 36.0 Å². The summed E-state index contributed by atoms with van der Waals surface area (Å²) in [7, 11) is 0. The van der Waals surface area contributed by atoms with E-state index in [-0.39, 0.29) is 5.75 Å². The minimum absolute atomic E-state index is 0.189. The van der Waals surface area contributed by atoms with Gasteiger partial charge in [-0.1, -0.05) is 29.5 Å². The molecule has 2 rings (SSSR count). The fraction of sp³-hybridized carbons (Fsp3) is 0.0769. The van der Waals surface area contributed by atoms with Gasteiger partial charge in [0.15, 0.2) is 0 Å². The van der Waals surface area contributed by atoms with Gasteiger partial charge in [0.1, 0.15) is 5.75 Å². The number of aromatic amines is 1. The quantitative estimate of drug-likeness (QED) is 0.625. The van der Waals surface area contributed by atoms with Crippen LogP contribution in [0, 0.1) is 18.8 Å². The maximum absolute atomic E-state index is 9.34. The number of aromatic nitrogens is 1. The van der Waals surface area contributed by atoms with Crippen molar-refractivity contribution >= 4 is 0 Å². The van der Waals surface area contributed by atoms with E-state index in [2.05, 4.69) is 16.8 Å². The van der Waals surface area contributed by atoms with Gasteiger partial charge in [0.25, 0.3) is 0 Å². The summed E-state index contributed by atoms with van der Waals surface area (Å²) in [5.41, 5.74) is 2.78. The molecular weight excluding hydrogens is 186 g/mol. The molecule has 1 heterocycles. The van der Waals surface area contributed by atoms with Crippen molar-refractivity contribution in [2.75, 3.05) is 0 Å². The van der Waals surface area contributed by atoms with E-state index < -0.39 is 0 Å². The van der Waals surface area contributed by atoms with Gasteiger partial charge in [0.05, 0.1) is 5.56 Å². The van der Waals surface area contributed by atoms with Crippen LogP contribution in [-0.2, 0) is 0 Å². The van der Waals surface area contributed by atoms with E-state index in [1.165, 1.54) is 11.8 Å². The molecule has 2 N–H and O–H groups in total. The molecule has 0 atom stereocenters. The number of rotatable bonds is 0. The number of benzene rings is 1. The number of hydrogen-bond acceptors (Lipinski definition) is 1. The van der Waals surface area contributed by atoms with E-state index in [9.17, 15) is 5.11 Å². The fourth-order valence-corrected chi connectivity index (χ4v) is 1.23. The van der Waals surface area contributed by atoms with Gasteiger partial charge >= 0.3 is 0 Å². The highest BCUT2D eigenvalue weighted by Gasteiger charge is 1.95. The van der Waals surface area contributed by atoms with Crippen LogP contribution in [0.25, 0.3) is 0 Å². The Bertz CT molecular complexity index is 511. The molecule has 74 valence electrons. The first-order valence-electron chi connectivity index (χ1n) is 4.70. The van der Waals surface area contributed by atoms with Gasteiger partial charge in [-0.05, 0) is 19.1 Å². The SMILES string of the molecule is Cc1ccc(C#Cc2c[nH]cc2O)cc1. The average molecular weight is 197 g/mol. The van der Waals surface area contributed by atoms with Crippen LogP contribution in [0.15, 0.2) is 36.7 Å². The third-order valence-corrected chi connectivity index (χ3v) is 2.12. The van der Waals surface area contributed by atoms with Gasteiger partial charge in [-0.3, -0.25) is 0 Å². The van der Waals surface area contributed by atoms with Gasteiger partial charge in [-0.15, -0.1) is 0 Å². The molecule has 15 heavy (non-hydrogen) atoms. The molecular formula is C13H11NO. The van der Waals surface area contributed by atoms with E-state index in [1.807, 2.05) is 31.2 Å². The summed E-state index contributed by atoms with van der Waals surface area (Å²) >= 11 is 0. The minimum Gasteiger partial charge on any atom is -0.505 e. The van der Waals surface area contributed by atoms with Crippen LogP contribution in [-0.4, -0.2) is 10.1 Å². The van der Waals surface area contributed by atoms with Crippen molar-refractivity contribution in [1.29, 1.82) is 0 Å². The molecule has 0 saturated carbocycles. The Morgan fingerprint density at radius 2 is 1.80 bits per heavy atom. The number of H-pyrrole nitrogens is 1.